The van der Waals surface area contributed by atoms with Crippen LogP contribution < -0.4 is 14.8 Å². The Morgan fingerprint density at radius 1 is 1.29 bits per heavy atom. The number of hydrogen-bond acceptors (Lipinski definition) is 3. The Morgan fingerprint density at radius 3 is 2.67 bits per heavy atom. The van der Waals surface area contributed by atoms with Crippen LogP contribution in [-0.2, 0) is 0 Å². The van der Waals surface area contributed by atoms with Crippen molar-refractivity contribution in [1.29, 1.82) is 0 Å². The van der Waals surface area contributed by atoms with Crippen LogP contribution in [0.3, 0.4) is 0 Å². The van der Waals surface area contributed by atoms with E-state index in [2.05, 4.69) is 17.2 Å². The summed E-state index contributed by atoms with van der Waals surface area (Å²) in [5, 5.41) is 3.87. The van der Waals surface area contributed by atoms with E-state index in [0.717, 1.165) is 23.7 Å². The Kier molecular flexibility index (Phi) is 4.73. The number of benzene rings is 1. The van der Waals surface area contributed by atoms with Crippen LogP contribution >= 0.6 is 0 Å². The van der Waals surface area contributed by atoms with Crippen LogP contribution in [-0.4, -0.2) is 31.2 Å². The molecule has 0 fully saturated rings. The van der Waals surface area contributed by atoms with Crippen molar-refractivity contribution in [3.05, 3.63) is 23.9 Å². The molecule has 0 saturated heterocycles. The Balaban J connectivity index is 2.31. The summed E-state index contributed by atoms with van der Waals surface area (Å²) in [6.45, 7) is 4.11. The van der Waals surface area contributed by atoms with E-state index in [1.807, 2.05) is 19.1 Å². The molecule has 1 heterocycles. The van der Waals surface area contributed by atoms with Crippen molar-refractivity contribution < 1.29 is 14.3 Å². The van der Waals surface area contributed by atoms with Gasteiger partial charge in [-0.2, -0.15) is 0 Å². The minimum Gasteiger partial charge on any atom is -0.497 e. The highest BCUT2D eigenvalue weighted by Gasteiger charge is 2.15. The second kappa shape index (κ2) is 6.52. The second-order valence-corrected chi connectivity index (χ2v) is 5.14. The highest BCUT2D eigenvalue weighted by Crippen LogP contribution is 2.31. The number of hydrogen-bond donors (Lipinski definition) is 2. The SMILES string of the molecule is CCCC(C)NC(=O)c1cc2cc(OC)cc(OC)c2[nH]1. The quantitative estimate of drug-likeness (QED) is 0.859. The van der Waals surface area contributed by atoms with Gasteiger partial charge in [-0.1, -0.05) is 13.3 Å². The number of amides is 1. The van der Waals surface area contributed by atoms with Gasteiger partial charge in [0.2, 0.25) is 0 Å². The molecular weight excluding hydrogens is 268 g/mol. The number of nitrogens with one attached hydrogen (secondary N) is 2. The second-order valence-electron chi connectivity index (χ2n) is 5.14. The van der Waals surface area contributed by atoms with Crippen molar-refractivity contribution in [2.24, 2.45) is 0 Å². The van der Waals surface area contributed by atoms with E-state index >= 15 is 0 Å². The molecule has 1 atom stereocenters. The molecule has 2 N–H and O–H groups in total. The van der Waals surface area contributed by atoms with Crippen LogP contribution in [0.25, 0.3) is 10.9 Å². The largest absolute Gasteiger partial charge is 0.497 e. The Hall–Kier alpha value is -2.17. The maximum Gasteiger partial charge on any atom is 0.267 e. The van der Waals surface area contributed by atoms with E-state index in [0.29, 0.717) is 17.2 Å². The summed E-state index contributed by atoms with van der Waals surface area (Å²) in [6.07, 6.45) is 2.00. The summed E-state index contributed by atoms with van der Waals surface area (Å²) in [7, 11) is 3.20. The highest BCUT2D eigenvalue weighted by molar-refractivity contribution is 6.00. The number of methoxy groups -OCH3 is 2. The first kappa shape index (κ1) is 15.2. The molecule has 0 spiro atoms. The van der Waals surface area contributed by atoms with Gasteiger partial charge in [-0.25, -0.2) is 0 Å². The smallest absolute Gasteiger partial charge is 0.267 e. The Bertz CT molecular complexity index is 634. The minimum atomic E-state index is -0.104. The molecule has 0 bridgehead atoms. The lowest BCUT2D eigenvalue weighted by atomic mass is 10.2. The van der Waals surface area contributed by atoms with E-state index in [1.165, 1.54) is 0 Å². The fourth-order valence-electron chi connectivity index (χ4n) is 2.39. The number of rotatable bonds is 6. The molecule has 2 aromatic rings. The van der Waals surface area contributed by atoms with E-state index in [4.69, 9.17) is 9.47 Å². The van der Waals surface area contributed by atoms with Crippen molar-refractivity contribution >= 4 is 16.8 Å². The zero-order chi connectivity index (χ0) is 15.4. The predicted octanol–water partition coefficient (Wildman–Crippen LogP) is 3.10. The number of carbonyl (C=O) groups is 1. The average Bonchev–Trinajstić information content (AvgIpc) is 2.90. The molecule has 1 unspecified atom stereocenters. The van der Waals surface area contributed by atoms with Crippen LogP contribution in [0.5, 0.6) is 11.5 Å². The minimum absolute atomic E-state index is 0.104. The van der Waals surface area contributed by atoms with Crippen molar-refractivity contribution in [3.63, 3.8) is 0 Å². The van der Waals surface area contributed by atoms with Crippen LogP contribution in [0.2, 0.25) is 0 Å². The molecule has 2 rings (SSSR count). The lowest BCUT2D eigenvalue weighted by molar-refractivity contribution is 0.0934. The summed E-state index contributed by atoms with van der Waals surface area (Å²) in [6, 6.07) is 5.64. The molecule has 0 saturated carbocycles. The Labute approximate surface area is 124 Å². The van der Waals surface area contributed by atoms with Gasteiger partial charge < -0.3 is 19.8 Å². The van der Waals surface area contributed by atoms with Crippen LogP contribution in [0, 0.1) is 0 Å². The van der Waals surface area contributed by atoms with Crippen LogP contribution in [0.4, 0.5) is 0 Å². The fraction of sp³-hybridized carbons (Fsp3) is 0.438. The first-order valence-electron chi connectivity index (χ1n) is 7.14. The molecule has 0 aliphatic heterocycles. The summed E-state index contributed by atoms with van der Waals surface area (Å²) in [5.41, 5.74) is 1.33. The third kappa shape index (κ3) is 3.29. The van der Waals surface area contributed by atoms with Gasteiger partial charge >= 0.3 is 0 Å². The molecule has 5 nitrogen and oxygen atoms in total. The zero-order valence-corrected chi connectivity index (χ0v) is 12.9. The third-order valence-corrected chi connectivity index (χ3v) is 3.47. The maximum atomic E-state index is 12.2. The molecule has 1 aromatic carbocycles. The number of carbonyl (C=O) groups excluding carboxylic acids is 1. The van der Waals surface area contributed by atoms with E-state index in [-0.39, 0.29) is 11.9 Å². The molecular formula is C16H22N2O3. The van der Waals surface area contributed by atoms with Crippen molar-refractivity contribution in [3.8, 4) is 11.5 Å². The molecule has 0 aliphatic carbocycles. The molecule has 1 amide bonds. The Morgan fingerprint density at radius 2 is 2.05 bits per heavy atom. The standard InChI is InChI=1S/C16H22N2O3/c1-5-6-10(2)17-16(19)13-8-11-7-12(20-3)9-14(21-4)15(11)18-13/h7-10,18H,5-6H2,1-4H3,(H,17,19). The lowest BCUT2D eigenvalue weighted by Gasteiger charge is -2.11. The average molecular weight is 290 g/mol. The lowest BCUT2D eigenvalue weighted by Crippen LogP contribution is -2.32. The summed E-state index contributed by atoms with van der Waals surface area (Å²) < 4.78 is 10.6. The first-order valence-corrected chi connectivity index (χ1v) is 7.14. The van der Waals surface area contributed by atoms with Crippen molar-refractivity contribution in [2.75, 3.05) is 14.2 Å². The number of aromatic amines is 1. The van der Waals surface area contributed by atoms with Gasteiger partial charge in [0, 0.05) is 17.5 Å². The van der Waals surface area contributed by atoms with Crippen LogP contribution in [0.1, 0.15) is 37.2 Å². The molecule has 0 aliphatic rings. The van der Waals surface area contributed by atoms with E-state index < -0.39 is 0 Å². The van der Waals surface area contributed by atoms with Gasteiger partial charge in [0.1, 0.15) is 17.2 Å². The van der Waals surface area contributed by atoms with E-state index in [9.17, 15) is 4.79 Å². The normalized spacial score (nSPS) is 12.2. The van der Waals surface area contributed by atoms with Gasteiger partial charge in [-0.3, -0.25) is 4.79 Å². The summed E-state index contributed by atoms with van der Waals surface area (Å²) in [5.74, 6) is 1.25. The molecule has 21 heavy (non-hydrogen) atoms. The molecule has 114 valence electrons. The van der Waals surface area contributed by atoms with Crippen LogP contribution in [0.15, 0.2) is 18.2 Å². The number of H-pyrrole nitrogens is 1. The zero-order valence-electron chi connectivity index (χ0n) is 12.9. The molecule has 0 radical (unpaired) electrons. The van der Waals surface area contributed by atoms with Gasteiger partial charge in [0.15, 0.2) is 0 Å². The topological polar surface area (TPSA) is 63.4 Å². The predicted molar refractivity (Wildman–Crippen MR) is 83.2 cm³/mol. The number of ether oxygens (including phenoxy) is 2. The van der Waals surface area contributed by atoms with Gasteiger partial charge in [0.05, 0.1) is 19.7 Å². The first-order chi connectivity index (χ1) is 10.1. The van der Waals surface area contributed by atoms with Crippen molar-refractivity contribution in [2.45, 2.75) is 32.7 Å². The third-order valence-electron chi connectivity index (χ3n) is 3.47. The van der Waals surface area contributed by atoms with Gasteiger partial charge in [-0.05, 0) is 25.5 Å². The molecule has 5 heteroatoms. The monoisotopic (exact) mass is 290 g/mol. The van der Waals surface area contributed by atoms with Gasteiger partial charge in [0.25, 0.3) is 5.91 Å². The summed E-state index contributed by atoms with van der Waals surface area (Å²) >= 11 is 0. The van der Waals surface area contributed by atoms with E-state index in [1.54, 1.807) is 20.3 Å². The summed E-state index contributed by atoms with van der Waals surface area (Å²) in [4.78, 5) is 15.4. The fourth-order valence-corrected chi connectivity index (χ4v) is 2.39. The number of fused-ring (bicyclic) bond motifs is 1. The molecule has 1 aromatic heterocycles. The van der Waals surface area contributed by atoms with Crippen molar-refractivity contribution in [1.82, 2.24) is 10.3 Å². The van der Waals surface area contributed by atoms with Gasteiger partial charge in [-0.15, -0.1) is 0 Å². The number of aromatic nitrogens is 1. The highest BCUT2D eigenvalue weighted by atomic mass is 16.5. The maximum absolute atomic E-state index is 12.2.